The van der Waals surface area contributed by atoms with Gasteiger partial charge in [0.2, 0.25) is 5.82 Å². The van der Waals surface area contributed by atoms with Crippen LogP contribution in [0.2, 0.25) is 0 Å². The maximum atomic E-state index is 13.4. The number of urea groups is 1. The molecule has 0 unspecified atom stereocenters. The van der Waals surface area contributed by atoms with Crippen molar-refractivity contribution in [2.75, 3.05) is 36.4 Å². The van der Waals surface area contributed by atoms with Gasteiger partial charge < -0.3 is 20.2 Å². The summed E-state index contributed by atoms with van der Waals surface area (Å²) >= 11 is 1.34. The average Bonchev–Trinajstić information content (AvgIpc) is 3.28. The second-order valence-electron chi connectivity index (χ2n) is 8.29. The number of halogens is 1. The summed E-state index contributed by atoms with van der Waals surface area (Å²) in [7, 11) is 0. The van der Waals surface area contributed by atoms with Gasteiger partial charge in [0.1, 0.15) is 16.5 Å². The van der Waals surface area contributed by atoms with E-state index in [-0.39, 0.29) is 17.7 Å². The van der Waals surface area contributed by atoms with Crippen LogP contribution < -0.4 is 10.2 Å². The number of piperazine rings is 1. The number of aromatic carboxylic acids is 1. The zero-order valence-corrected chi connectivity index (χ0v) is 19.7. The molecule has 0 atom stereocenters. The summed E-state index contributed by atoms with van der Waals surface area (Å²) in [6.07, 6.45) is 0. The van der Waals surface area contributed by atoms with E-state index in [0.29, 0.717) is 36.8 Å². The molecular weight excluding hydrogens is 469 g/mol. The van der Waals surface area contributed by atoms with E-state index in [1.54, 1.807) is 17.0 Å². The van der Waals surface area contributed by atoms with Gasteiger partial charge in [0.15, 0.2) is 0 Å². The van der Waals surface area contributed by atoms with Crippen LogP contribution in [0.4, 0.5) is 20.7 Å². The average molecular weight is 492 g/mol. The first-order valence-corrected chi connectivity index (χ1v) is 11.9. The van der Waals surface area contributed by atoms with Crippen molar-refractivity contribution < 1.29 is 19.1 Å². The molecule has 0 spiro atoms. The number of rotatable bonds is 4. The molecule has 0 radical (unpaired) electrons. The molecule has 0 aliphatic carbocycles. The summed E-state index contributed by atoms with van der Waals surface area (Å²) in [6, 6.07) is 15.5. The van der Waals surface area contributed by atoms with E-state index in [1.165, 1.54) is 23.5 Å². The Kier molecular flexibility index (Phi) is 6.04. The van der Waals surface area contributed by atoms with Crippen LogP contribution in [0.5, 0.6) is 0 Å². The van der Waals surface area contributed by atoms with Gasteiger partial charge in [0, 0.05) is 36.7 Å². The number of hydrogen-bond acceptors (Lipinski definition) is 6. The lowest BCUT2D eigenvalue weighted by Gasteiger charge is -2.35. The van der Waals surface area contributed by atoms with Crippen molar-refractivity contribution in [2.24, 2.45) is 0 Å². The summed E-state index contributed by atoms with van der Waals surface area (Å²) in [6.45, 7) is 3.87. The van der Waals surface area contributed by atoms with Crippen molar-refractivity contribution in [2.45, 2.75) is 6.92 Å². The Morgan fingerprint density at radius 2 is 1.77 bits per heavy atom. The summed E-state index contributed by atoms with van der Waals surface area (Å²) < 4.78 is 13.4. The zero-order chi connectivity index (χ0) is 24.5. The SMILES string of the molecule is Cc1cccc(NC(=O)N2CCN(c3nc(C(=O)O)nc4sc(-c5ccc(F)cc5)cc34)CC2)c1. The number of fused-ring (bicyclic) bond motifs is 1. The van der Waals surface area contributed by atoms with Gasteiger partial charge in [-0.1, -0.05) is 24.3 Å². The first kappa shape index (κ1) is 22.7. The molecule has 0 bridgehead atoms. The van der Waals surface area contributed by atoms with E-state index in [9.17, 15) is 19.1 Å². The minimum absolute atomic E-state index is 0.177. The topological polar surface area (TPSA) is 98.7 Å². The lowest BCUT2D eigenvalue weighted by atomic mass is 10.1. The van der Waals surface area contributed by atoms with E-state index < -0.39 is 5.97 Å². The molecule has 35 heavy (non-hydrogen) atoms. The number of carboxylic acids is 1. The molecule has 1 aliphatic heterocycles. The molecule has 10 heteroatoms. The maximum Gasteiger partial charge on any atom is 0.374 e. The monoisotopic (exact) mass is 491 g/mol. The molecule has 2 N–H and O–H groups in total. The highest BCUT2D eigenvalue weighted by Crippen LogP contribution is 2.37. The quantitative estimate of drug-likeness (QED) is 0.423. The van der Waals surface area contributed by atoms with Gasteiger partial charge in [-0.25, -0.2) is 23.9 Å². The predicted octanol–water partition coefficient (Wildman–Crippen LogP) is 4.86. The molecule has 2 aromatic carbocycles. The highest BCUT2D eigenvalue weighted by atomic mass is 32.1. The lowest BCUT2D eigenvalue weighted by Crippen LogP contribution is -2.50. The molecule has 2 amide bonds. The van der Waals surface area contributed by atoms with Crippen LogP contribution in [0.15, 0.2) is 54.6 Å². The second kappa shape index (κ2) is 9.30. The van der Waals surface area contributed by atoms with E-state index in [0.717, 1.165) is 27.1 Å². The number of nitrogens with zero attached hydrogens (tertiary/aromatic N) is 4. The van der Waals surface area contributed by atoms with Crippen LogP contribution in [-0.4, -0.2) is 58.2 Å². The Labute approximate surface area is 204 Å². The van der Waals surface area contributed by atoms with Gasteiger partial charge in [-0.3, -0.25) is 0 Å². The van der Waals surface area contributed by atoms with Gasteiger partial charge in [-0.05, 0) is 48.4 Å². The highest BCUT2D eigenvalue weighted by Gasteiger charge is 2.26. The van der Waals surface area contributed by atoms with Crippen LogP contribution >= 0.6 is 11.3 Å². The van der Waals surface area contributed by atoms with Gasteiger partial charge in [0.25, 0.3) is 0 Å². The molecule has 1 saturated heterocycles. The van der Waals surface area contributed by atoms with Crippen LogP contribution in [0.1, 0.15) is 16.2 Å². The van der Waals surface area contributed by atoms with Crippen LogP contribution in [-0.2, 0) is 0 Å². The fourth-order valence-electron chi connectivity index (χ4n) is 4.05. The van der Waals surface area contributed by atoms with Gasteiger partial charge >= 0.3 is 12.0 Å². The third-order valence-corrected chi connectivity index (χ3v) is 6.91. The second-order valence-corrected chi connectivity index (χ2v) is 9.32. The molecule has 0 saturated carbocycles. The van der Waals surface area contributed by atoms with Crippen LogP contribution in [0.3, 0.4) is 0 Å². The molecule has 5 rings (SSSR count). The number of anilines is 2. The Morgan fingerprint density at radius 3 is 2.46 bits per heavy atom. The molecular formula is C25H22FN5O3S. The Hall–Kier alpha value is -4.05. The number of carboxylic acid groups (broad SMARTS) is 1. The maximum absolute atomic E-state index is 13.4. The fraction of sp³-hybridized carbons (Fsp3) is 0.200. The van der Waals surface area contributed by atoms with Crippen LogP contribution in [0, 0.1) is 12.7 Å². The fourth-order valence-corrected chi connectivity index (χ4v) is 5.08. The number of carbonyl (C=O) groups is 2. The van der Waals surface area contributed by atoms with Gasteiger partial charge in [-0.2, -0.15) is 0 Å². The number of hydrogen-bond donors (Lipinski definition) is 2. The standard InChI is InChI=1S/C25H22FN5O3S/c1-15-3-2-4-18(13-15)27-25(34)31-11-9-30(10-12-31)22-19-14-20(16-5-7-17(26)8-6-16)35-23(19)29-21(28-22)24(32)33/h2-8,13-14H,9-12H2,1H3,(H,27,34)(H,32,33). The van der Waals surface area contributed by atoms with Crippen molar-refractivity contribution in [3.8, 4) is 10.4 Å². The molecule has 8 nitrogen and oxygen atoms in total. The van der Waals surface area contributed by atoms with Crippen molar-refractivity contribution in [3.63, 3.8) is 0 Å². The normalized spacial score (nSPS) is 13.8. The van der Waals surface area contributed by atoms with Crippen molar-refractivity contribution in [1.82, 2.24) is 14.9 Å². The lowest BCUT2D eigenvalue weighted by molar-refractivity contribution is 0.0684. The van der Waals surface area contributed by atoms with E-state index in [2.05, 4.69) is 15.3 Å². The Balaban J connectivity index is 1.38. The molecule has 4 aromatic rings. The molecule has 2 aromatic heterocycles. The predicted molar refractivity (Wildman–Crippen MR) is 134 cm³/mol. The smallest absolute Gasteiger partial charge is 0.374 e. The van der Waals surface area contributed by atoms with Crippen molar-refractivity contribution in [3.05, 3.63) is 71.8 Å². The number of aryl methyl sites for hydroxylation is 1. The summed E-state index contributed by atoms with van der Waals surface area (Å²) in [5.74, 6) is -1.29. The summed E-state index contributed by atoms with van der Waals surface area (Å²) in [4.78, 5) is 38.1. The number of nitrogens with one attached hydrogen (secondary N) is 1. The third-order valence-electron chi connectivity index (χ3n) is 5.83. The number of thiophene rings is 1. The first-order valence-electron chi connectivity index (χ1n) is 11.1. The summed E-state index contributed by atoms with van der Waals surface area (Å²) in [5.41, 5.74) is 2.62. The number of amides is 2. The zero-order valence-electron chi connectivity index (χ0n) is 18.9. The van der Waals surface area contributed by atoms with Gasteiger partial charge in [0.05, 0.1) is 5.39 Å². The van der Waals surface area contributed by atoms with E-state index >= 15 is 0 Å². The highest BCUT2D eigenvalue weighted by molar-refractivity contribution is 7.21. The minimum atomic E-state index is -1.21. The largest absolute Gasteiger partial charge is 0.475 e. The number of carbonyl (C=O) groups excluding carboxylic acids is 1. The Bertz CT molecular complexity index is 1410. The third kappa shape index (κ3) is 4.78. The Morgan fingerprint density at radius 1 is 1.03 bits per heavy atom. The number of benzene rings is 2. The summed E-state index contributed by atoms with van der Waals surface area (Å²) in [5, 5.41) is 13.2. The molecule has 3 heterocycles. The van der Waals surface area contributed by atoms with Crippen molar-refractivity contribution >= 4 is 45.1 Å². The van der Waals surface area contributed by atoms with Crippen LogP contribution in [0.25, 0.3) is 20.7 Å². The number of aromatic nitrogens is 2. The molecule has 1 fully saturated rings. The minimum Gasteiger partial charge on any atom is -0.475 e. The van der Waals surface area contributed by atoms with Crippen molar-refractivity contribution in [1.29, 1.82) is 0 Å². The first-order chi connectivity index (χ1) is 16.9. The molecule has 1 aliphatic rings. The van der Waals surface area contributed by atoms with Gasteiger partial charge in [-0.15, -0.1) is 11.3 Å². The van der Waals surface area contributed by atoms with E-state index in [1.807, 2.05) is 42.2 Å². The van der Waals surface area contributed by atoms with E-state index in [4.69, 9.17) is 0 Å². The molecule has 178 valence electrons.